The lowest BCUT2D eigenvalue weighted by Gasteiger charge is -2.24. The van der Waals surface area contributed by atoms with Crippen molar-refractivity contribution in [2.75, 3.05) is 39.3 Å². The zero-order valence-corrected chi connectivity index (χ0v) is 18.1. The van der Waals surface area contributed by atoms with Crippen LogP contribution in [-0.4, -0.2) is 68.8 Å². The first-order chi connectivity index (χ1) is 15.0. The van der Waals surface area contributed by atoms with Gasteiger partial charge in [-0.3, -0.25) is 9.59 Å². The van der Waals surface area contributed by atoms with Crippen LogP contribution in [0.3, 0.4) is 0 Å². The van der Waals surface area contributed by atoms with E-state index in [9.17, 15) is 18.0 Å². The number of carbonyl (C=O) groups is 2. The normalized spacial score (nSPS) is 16.8. The van der Waals surface area contributed by atoms with Crippen molar-refractivity contribution < 1.29 is 22.7 Å². The third-order valence-electron chi connectivity index (χ3n) is 4.97. The summed E-state index contributed by atoms with van der Waals surface area (Å²) in [5.41, 5.74) is 0. The summed E-state index contributed by atoms with van der Waals surface area (Å²) in [6, 6.07) is 17.2. The van der Waals surface area contributed by atoms with Crippen molar-refractivity contribution >= 4 is 21.8 Å². The molecule has 0 aromatic heterocycles. The molecular weight excluding hydrogens is 418 g/mol. The van der Waals surface area contributed by atoms with Gasteiger partial charge in [0.2, 0.25) is 15.9 Å². The van der Waals surface area contributed by atoms with E-state index in [2.05, 4.69) is 5.32 Å². The summed E-state index contributed by atoms with van der Waals surface area (Å²) in [5, 5.41) is 2.76. The predicted molar refractivity (Wildman–Crippen MR) is 116 cm³/mol. The summed E-state index contributed by atoms with van der Waals surface area (Å²) < 4.78 is 32.9. The summed E-state index contributed by atoms with van der Waals surface area (Å²) in [6.45, 7) is 1.20. The quantitative estimate of drug-likeness (QED) is 0.752. The van der Waals surface area contributed by atoms with Crippen LogP contribution in [0, 0.1) is 0 Å². The maximum absolute atomic E-state index is 13.0. The lowest BCUT2D eigenvalue weighted by atomic mass is 10.3. The van der Waals surface area contributed by atoms with Crippen molar-refractivity contribution in [2.24, 2.45) is 0 Å². The zero-order valence-electron chi connectivity index (χ0n) is 17.3. The molecule has 0 bridgehead atoms. The summed E-state index contributed by atoms with van der Waals surface area (Å²) in [5.74, 6) is 0.139. The maximum Gasteiger partial charge on any atom is 0.260 e. The first-order valence-electron chi connectivity index (χ1n) is 10.2. The molecule has 2 aromatic carbocycles. The van der Waals surface area contributed by atoms with Crippen LogP contribution in [0.5, 0.6) is 5.75 Å². The molecule has 3 rings (SSSR count). The van der Waals surface area contributed by atoms with Crippen molar-refractivity contribution in [3.8, 4) is 5.75 Å². The Morgan fingerprint density at radius 3 is 2.32 bits per heavy atom. The minimum absolute atomic E-state index is 0.0666. The largest absolute Gasteiger partial charge is 0.484 e. The summed E-state index contributed by atoms with van der Waals surface area (Å²) in [4.78, 5) is 26.6. The van der Waals surface area contributed by atoms with Gasteiger partial charge in [-0.25, -0.2) is 8.42 Å². The Bertz CT molecular complexity index is 967. The SMILES string of the molecule is O=C1CCN(S(=O)(=O)c2ccccc2)CCCN(C(=O)COc2ccccc2)CCN1. The number of sulfonamides is 1. The number of rotatable bonds is 5. The summed E-state index contributed by atoms with van der Waals surface area (Å²) in [7, 11) is -3.72. The number of nitrogens with zero attached hydrogens (tertiary/aromatic N) is 2. The van der Waals surface area contributed by atoms with E-state index in [1.807, 2.05) is 18.2 Å². The molecule has 0 saturated carbocycles. The molecule has 1 N–H and O–H groups in total. The topological polar surface area (TPSA) is 96.0 Å². The number of hydrogen-bond donors (Lipinski definition) is 1. The molecule has 0 unspecified atom stereocenters. The molecule has 8 nitrogen and oxygen atoms in total. The van der Waals surface area contributed by atoms with E-state index in [1.54, 1.807) is 35.2 Å². The number of nitrogens with one attached hydrogen (secondary N) is 1. The number of amides is 2. The van der Waals surface area contributed by atoms with Crippen LogP contribution in [0.15, 0.2) is 65.6 Å². The predicted octanol–water partition coefficient (Wildman–Crippen LogP) is 1.49. The molecule has 31 heavy (non-hydrogen) atoms. The van der Waals surface area contributed by atoms with Gasteiger partial charge >= 0.3 is 0 Å². The van der Waals surface area contributed by atoms with Crippen LogP contribution in [0.4, 0.5) is 0 Å². The minimum atomic E-state index is -3.72. The van der Waals surface area contributed by atoms with Crippen molar-refractivity contribution in [1.82, 2.24) is 14.5 Å². The average molecular weight is 446 g/mol. The van der Waals surface area contributed by atoms with Gasteiger partial charge in [0.25, 0.3) is 5.91 Å². The Balaban J connectivity index is 1.66. The van der Waals surface area contributed by atoms with Gasteiger partial charge in [-0.05, 0) is 30.7 Å². The van der Waals surface area contributed by atoms with Crippen molar-refractivity contribution in [1.29, 1.82) is 0 Å². The highest BCUT2D eigenvalue weighted by Gasteiger charge is 2.26. The van der Waals surface area contributed by atoms with Crippen LogP contribution >= 0.6 is 0 Å². The molecule has 0 atom stereocenters. The fourth-order valence-electron chi connectivity index (χ4n) is 3.29. The second-order valence-corrected chi connectivity index (χ2v) is 9.09. The molecule has 1 aliphatic heterocycles. The van der Waals surface area contributed by atoms with Gasteiger partial charge in [0, 0.05) is 39.1 Å². The highest BCUT2D eigenvalue weighted by atomic mass is 32.2. The van der Waals surface area contributed by atoms with Gasteiger partial charge in [-0.2, -0.15) is 4.31 Å². The number of ether oxygens (including phenoxy) is 1. The Hall–Kier alpha value is -2.91. The smallest absolute Gasteiger partial charge is 0.260 e. The van der Waals surface area contributed by atoms with E-state index < -0.39 is 10.0 Å². The molecule has 1 aliphatic rings. The molecule has 166 valence electrons. The van der Waals surface area contributed by atoms with Gasteiger partial charge in [0.05, 0.1) is 4.90 Å². The fourth-order valence-corrected chi connectivity index (χ4v) is 4.79. The Morgan fingerprint density at radius 1 is 0.935 bits per heavy atom. The van der Waals surface area contributed by atoms with Crippen molar-refractivity contribution in [3.63, 3.8) is 0 Å². The number of para-hydroxylation sites is 1. The van der Waals surface area contributed by atoms with E-state index in [0.29, 0.717) is 31.8 Å². The average Bonchev–Trinajstić information content (AvgIpc) is 2.83. The first kappa shape index (κ1) is 22.8. The number of carbonyl (C=O) groups excluding carboxylic acids is 2. The van der Waals surface area contributed by atoms with Crippen LogP contribution in [0.2, 0.25) is 0 Å². The molecule has 1 saturated heterocycles. The summed E-state index contributed by atoms with van der Waals surface area (Å²) >= 11 is 0. The van der Waals surface area contributed by atoms with Gasteiger partial charge in [0.15, 0.2) is 6.61 Å². The van der Waals surface area contributed by atoms with Gasteiger partial charge in [0.1, 0.15) is 5.75 Å². The lowest BCUT2D eigenvalue weighted by molar-refractivity contribution is -0.133. The molecule has 0 spiro atoms. The Kier molecular flexibility index (Phi) is 8.02. The van der Waals surface area contributed by atoms with E-state index in [0.717, 1.165) is 0 Å². The monoisotopic (exact) mass is 445 g/mol. The van der Waals surface area contributed by atoms with E-state index >= 15 is 0 Å². The minimum Gasteiger partial charge on any atom is -0.484 e. The molecule has 2 amide bonds. The van der Waals surface area contributed by atoms with Crippen molar-refractivity contribution in [3.05, 3.63) is 60.7 Å². The van der Waals surface area contributed by atoms with Crippen LogP contribution in [0.25, 0.3) is 0 Å². The standard InChI is InChI=1S/C22H27N3O5S/c26-21-12-16-25(31(28,29)20-10-5-2-6-11-20)15-7-14-24(17-13-23-21)22(27)18-30-19-8-3-1-4-9-19/h1-6,8-11H,7,12-18H2,(H,23,26). The second-order valence-electron chi connectivity index (χ2n) is 7.15. The van der Waals surface area contributed by atoms with Crippen molar-refractivity contribution in [2.45, 2.75) is 17.7 Å². The second kappa shape index (κ2) is 10.9. The Labute approximate surface area is 182 Å². The molecule has 0 radical (unpaired) electrons. The van der Waals surface area contributed by atoms with E-state index in [4.69, 9.17) is 4.74 Å². The number of benzene rings is 2. The van der Waals surface area contributed by atoms with E-state index in [1.165, 1.54) is 16.4 Å². The van der Waals surface area contributed by atoms with Gasteiger partial charge < -0.3 is 15.0 Å². The molecule has 1 heterocycles. The molecule has 1 fully saturated rings. The molecule has 0 aliphatic carbocycles. The summed E-state index contributed by atoms with van der Waals surface area (Å²) in [6.07, 6.45) is 0.522. The molecule has 2 aromatic rings. The van der Waals surface area contributed by atoms with Crippen LogP contribution in [-0.2, 0) is 19.6 Å². The zero-order chi connectivity index (χ0) is 22.1. The highest BCUT2D eigenvalue weighted by Crippen LogP contribution is 2.16. The van der Waals surface area contributed by atoms with Gasteiger partial charge in [-0.1, -0.05) is 36.4 Å². The van der Waals surface area contributed by atoms with Gasteiger partial charge in [-0.15, -0.1) is 0 Å². The van der Waals surface area contributed by atoms with Crippen LogP contribution in [0.1, 0.15) is 12.8 Å². The maximum atomic E-state index is 13.0. The lowest BCUT2D eigenvalue weighted by Crippen LogP contribution is -2.41. The third kappa shape index (κ3) is 6.53. The van der Waals surface area contributed by atoms with E-state index in [-0.39, 0.29) is 42.8 Å². The number of hydrogen-bond acceptors (Lipinski definition) is 5. The Morgan fingerprint density at radius 2 is 1.61 bits per heavy atom. The molecule has 9 heteroatoms. The van der Waals surface area contributed by atoms with Crippen LogP contribution < -0.4 is 10.1 Å². The third-order valence-corrected chi connectivity index (χ3v) is 6.88. The fraction of sp³-hybridized carbons (Fsp3) is 0.364. The molecular formula is C22H27N3O5S. The first-order valence-corrected chi connectivity index (χ1v) is 11.7. The highest BCUT2D eigenvalue weighted by molar-refractivity contribution is 7.89.